The predicted octanol–water partition coefficient (Wildman–Crippen LogP) is 6.18. The van der Waals surface area contributed by atoms with Gasteiger partial charge in [-0.25, -0.2) is 4.79 Å². The highest BCUT2D eigenvalue weighted by Crippen LogP contribution is 2.40. The smallest absolute Gasteiger partial charge is 0.319 e. The van der Waals surface area contributed by atoms with Gasteiger partial charge in [0.15, 0.2) is 11.5 Å². The molecule has 2 N–H and O–H groups in total. The molecular weight excluding hydrogens is 513 g/mol. The number of likely N-dealkylation sites (tertiary alicyclic amines) is 1. The van der Waals surface area contributed by atoms with Crippen LogP contribution in [0.4, 0.5) is 10.5 Å². The highest BCUT2D eigenvalue weighted by Gasteiger charge is 2.33. The number of amides is 2. The SMILES string of the molecule is COc1cc(NC(=O)NC2CCCCC2N2CCC(Cc3ccc(Cl)cc3)CC2)cc(OC)c1OC.Cl. The van der Waals surface area contributed by atoms with Crippen LogP contribution >= 0.6 is 24.0 Å². The third-order valence-corrected chi connectivity index (χ3v) is 7.78. The van der Waals surface area contributed by atoms with Crippen molar-refractivity contribution in [2.24, 2.45) is 5.92 Å². The predicted molar refractivity (Wildman–Crippen MR) is 151 cm³/mol. The number of piperidine rings is 1. The summed E-state index contributed by atoms with van der Waals surface area (Å²) < 4.78 is 16.2. The van der Waals surface area contributed by atoms with E-state index >= 15 is 0 Å². The number of carbonyl (C=O) groups excluding carboxylic acids is 1. The van der Waals surface area contributed by atoms with E-state index in [1.165, 1.54) is 24.8 Å². The molecule has 204 valence electrons. The van der Waals surface area contributed by atoms with Gasteiger partial charge in [-0.15, -0.1) is 12.4 Å². The number of carbonyl (C=O) groups is 1. The number of anilines is 1. The maximum atomic E-state index is 13.0. The first kappa shape index (κ1) is 29.2. The molecule has 7 nitrogen and oxygen atoms in total. The minimum Gasteiger partial charge on any atom is -0.493 e. The van der Waals surface area contributed by atoms with E-state index in [2.05, 4.69) is 27.7 Å². The summed E-state index contributed by atoms with van der Waals surface area (Å²) in [7, 11) is 4.68. The minimum absolute atomic E-state index is 0. The zero-order chi connectivity index (χ0) is 25.5. The average molecular weight is 553 g/mol. The number of benzene rings is 2. The third-order valence-electron chi connectivity index (χ3n) is 7.52. The molecule has 1 heterocycles. The molecule has 37 heavy (non-hydrogen) atoms. The van der Waals surface area contributed by atoms with Crippen LogP contribution in [0, 0.1) is 5.92 Å². The Labute approximate surface area is 231 Å². The highest BCUT2D eigenvalue weighted by molar-refractivity contribution is 6.30. The van der Waals surface area contributed by atoms with E-state index in [4.69, 9.17) is 25.8 Å². The van der Waals surface area contributed by atoms with Gasteiger partial charge in [0.2, 0.25) is 5.75 Å². The topological polar surface area (TPSA) is 72.1 Å². The number of urea groups is 1. The molecule has 1 aliphatic carbocycles. The zero-order valence-corrected chi connectivity index (χ0v) is 23.5. The first-order valence-corrected chi connectivity index (χ1v) is 13.2. The molecule has 1 saturated carbocycles. The van der Waals surface area contributed by atoms with Gasteiger partial charge in [-0.3, -0.25) is 4.90 Å². The molecule has 1 saturated heterocycles. The van der Waals surface area contributed by atoms with Crippen LogP contribution in [-0.4, -0.2) is 57.4 Å². The van der Waals surface area contributed by atoms with E-state index in [1.807, 2.05) is 12.1 Å². The number of rotatable bonds is 8. The van der Waals surface area contributed by atoms with Crippen molar-refractivity contribution in [3.05, 3.63) is 47.0 Å². The molecule has 2 aromatic carbocycles. The number of hydrogen-bond acceptors (Lipinski definition) is 5. The molecular formula is C28H39Cl2N3O4. The van der Waals surface area contributed by atoms with E-state index in [9.17, 15) is 4.79 Å². The van der Waals surface area contributed by atoms with Crippen LogP contribution in [0.25, 0.3) is 0 Å². The fourth-order valence-electron chi connectivity index (χ4n) is 5.65. The second-order valence-electron chi connectivity index (χ2n) is 9.78. The normalized spacial score (nSPS) is 20.4. The maximum Gasteiger partial charge on any atom is 0.319 e. The minimum atomic E-state index is -0.209. The van der Waals surface area contributed by atoms with Crippen LogP contribution in [0.15, 0.2) is 36.4 Å². The average Bonchev–Trinajstić information content (AvgIpc) is 2.90. The lowest BCUT2D eigenvalue weighted by Gasteiger charge is -2.43. The second-order valence-corrected chi connectivity index (χ2v) is 10.2. The summed E-state index contributed by atoms with van der Waals surface area (Å²) >= 11 is 6.04. The number of hydrogen-bond donors (Lipinski definition) is 2. The van der Waals surface area contributed by atoms with Crippen molar-refractivity contribution in [1.82, 2.24) is 10.2 Å². The molecule has 0 aromatic heterocycles. The number of nitrogens with one attached hydrogen (secondary N) is 2. The highest BCUT2D eigenvalue weighted by atomic mass is 35.5. The van der Waals surface area contributed by atoms with E-state index in [0.717, 1.165) is 43.8 Å². The van der Waals surface area contributed by atoms with E-state index in [0.29, 0.717) is 34.9 Å². The van der Waals surface area contributed by atoms with Gasteiger partial charge in [0, 0.05) is 29.2 Å². The Bertz CT molecular complexity index is 988. The Morgan fingerprint density at radius 2 is 1.57 bits per heavy atom. The Balaban J connectivity index is 0.00000380. The standard InChI is InChI=1S/C28H38ClN3O4.ClH/c1-34-25-17-22(18-26(35-2)27(25)36-3)30-28(33)31-23-6-4-5-7-24(23)32-14-12-20(13-15-32)16-19-8-10-21(29)11-9-19;/h8-11,17-18,20,23-24H,4-7,12-16H2,1-3H3,(H2,30,31,33);1H. The molecule has 9 heteroatoms. The molecule has 0 bridgehead atoms. The molecule has 2 unspecified atom stereocenters. The molecule has 4 rings (SSSR count). The van der Waals surface area contributed by atoms with Crippen molar-refractivity contribution in [2.75, 3.05) is 39.7 Å². The third kappa shape index (κ3) is 7.59. The van der Waals surface area contributed by atoms with Crippen LogP contribution < -0.4 is 24.8 Å². The largest absolute Gasteiger partial charge is 0.493 e. The Morgan fingerprint density at radius 3 is 2.16 bits per heavy atom. The van der Waals surface area contributed by atoms with Gasteiger partial charge in [0.1, 0.15) is 0 Å². The summed E-state index contributed by atoms with van der Waals surface area (Å²) in [5.74, 6) is 2.20. The van der Waals surface area contributed by atoms with Crippen LogP contribution in [0.5, 0.6) is 17.2 Å². The number of halogens is 2. The lowest BCUT2D eigenvalue weighted by atomic mass is 9.85. The number of ether oxygens (including phenoxy) is 3. The number of nitrogens with zero attached hydrogens (tertiary/aromatic N) is 1. The van der Waals surface area contributed by atoms with Crippen molar-refractivity contribution in [3.8, 4) is 17.2 Å². The molecule has 2 amide bonds. The van der Waals surface area contributed by atoms with Gasteiger partial charge in [0.25, 0.3) is 0 Å². The molecule has 0 radical (unpaired) electrons. The summed E-state index contributed by atoms with van der Waals surface area (Å²) in [5, 5.41) is 7.01. The van der Waals surface area contributed by atoms with Crippen molar-refractivity contribution >= 4 is 35.7 Å². The monoisotopic (exact) mass is 551 g/mol. The first-order valence-electron chi connectivity index (χ1n) is 12.9. The van der Waals surface area contributed by atoms with Gasteiger partial charge in [-0.05, 0) is 68.8 Å². The fourth-order valence-corrected chi connectivity index (χ4v) is 5.77. The molecule has 1 aliphatic heterocycles. The fraction of sp³-hybridized carbons (Fsp3) is 0.536. The van der Waals surface area contributed by atoms with Crippen molar-refractivity contribution in [2.45, 2.75) is 57.0 Å². The van der Waals surface area contributed by atoms with Gasteiger partial charge in [0.05, 0.1) is 27.0 Å². The van der Waals surface area contributed by atoms with E-state index in [1.54, 1.807) is 33.5 Å². The van der Waals surface area contributed by atoms with Crippen molar-refractivity contribution in [1.29, 1.82) is 0 Å². The van der Waals surface area contributed by atoms with Crippen LogP contribution in [0.1, 0.15) is 44.1 Å². The summed E-state index contributed by atoms with van der Waals surface area (Å²) in [6.07, 6.45) is 7.94. The molecule has 2 aliphatic rings. The molecule has 2 aromatic rings. The van der Waals surface area contributed by atoms with Crippen LogP contribution in [-0.2, 0) is 6.42 Å². The summed E-state index contributed by atoms with van der Waals surface area (Å²) in [6, 6.07) is 12.0. The number of methoxy groups -OCH3 is 3. The van der Waals surface area contributed by atoms with Crippen LogP contribution in [0.3, 0.4) is 0 Å². The second kappa shape index (κ2) is 14.0. The van der Waals surface area contributed by atoms with Crippen molar-refractivity contribution in [3.63, 3.8) is 0 Å². The molecule has 0 spiro atoms. The van der Waals surface area contributed by atoms with Crippen LogP contribution in [0.2, 0.25) is 5.02 Å². The summed E-state index contributed by atoms with van der Waals surface area (Å²) in [5.41, 5.74) is 1.95. The lowest BCUT2D eigenvalue weighted by Crippen LogP contribution is -2.55. The van der Waals surface area contributed by atoms with E-state index in [-0.39, 0.29) is 24.5 Å². The first-order chi connectivity index (χ1) is 17.5. The maximum absolute atomic E-state index is 13.0. The molecule has 2 atom stereocenters. The van der Waals surface area contributed by atoms with Gasteiger partial charge >= 0.3 is 6.03 Å². The van der Waals surface area contributed by atoms with Crippen molar-refractivity contribution < 1.29 is 19.0 Å². The Kier molecular flexibility index (Phi) is 11.0. The zero-order valence-electron chi connectivity index (χ0n) is 21.9. The Morgan fingerprint density at radius 1 is 0.946 bits per heavy atom. The Hall–Kier alpha value is -2.35. The van der Waals surface area contributed by atoms with Gasteiger partial charge in [-0.2, -0.15) is 0 Å². The van der Waals surface area contributed by atoms with Gasteiger partial charge < -0.3 is 24.8 Å². The lowest BCUT2D eigenvalue weighted by molar-refractivity contribution is 0.0859. The molecule has 2 fully saturated rings. The summed E-state index contributed by atoms with van der Waals surface area (Å²) in [6.45, 7) is 2.16. The quantitative estimate of drug-likeness (QED) is 0.410. The summed E-state index contributed by atoms with van der Waals surface area (Å²) in [4.78, 5) is 15.6. The van der Waals surface area contributed by atoms with E-state index < -0.39 is 0 Å². The van der Waals surface area contributed by atoms with Gasteiger partial charge in [-0.1, -0.05) is 36.6 Å².